The first-order chi connectivity index (χ1) is 11.6. The van der Waals surface area contributed by atoms with Crippen LogP contribution >= 0.6 is 0 Å². The second-order valence-corrected chi connectivity index (χ2v) is 7.20. The van der Waals surface area contributed by atoms with Crippen molar-refractivity contribution in [1.29, 1.82) is 0 Å². The summed E-state index contributed by atoms with van der Waals surface area (Å²) in [7, 11) is 3.90. The number of esters is 1. The Morgan fingerprint density at radius 1 is 0.875 bits per heavy atom. The molecule has 0 saturated heterocycles. The topological polar surface area (TPSA) is 75.3 Å². The van der Waals surface area contributed by atoms with Crippen molar-refractivity contribution >= 4 is 14.8 Å². The predicted octanol–water partition coefficient (Wildman–Crippen LogP) is 2.48. The van der Waals surface area contributed by atoms with Crippen molar-refractivity contribution in [3.63, 3.8) is 0 Å². The van der Waals surface area contributed by atoms with Crippen molar-refractivity contribution < 1.29 is 27.5 Å². The number of ether oxygens (including phenoxy) is 2. The highest BCUT2D eigenvalue weighted by Gasteiger charge is 2.36. The molecule has 0 aliphatic rings. The van der Waals surface area contributed by atoms with Gasteiger partial charge in [-0.3, -0.25) is 4.79 Å². The van der Waals surface area contributed by atoms with Gasteiger partial charge in [-0.15, -0.1) is 0 Å². The minimum atomic E-state index is -2.47. The molecule has 0 spiro atoms. The van der Waals surface area contributed by atoms with E-state index in [4.69, 9.17) is 22.8 Å². The monoisotopic (exact) mass is 369 g/mol. The quantitative estimate of drug-likeness (QED) is 0.304. The molecule has 0 fully saturated rings. The average molecular weight is 370 g/mol. The molecular formula is C16H39NO6Si. The second-order valence-electron chi connectivity index (χ2n) is 4.11. The fourth-order valence-corrected chi connectivity index (χ4v) is 3.33. The Bertz CT molecular complexity index is 244. The zero-order valence-electron chi connectivity index (χ0n) is 16.9. The van der Waals surface area contributed by atoms with Crippen LogP contribution in [0.5, 0.6) is 0 Å². The minimum Gasteiger partial charge on any atom is -0.463 e. The normalized spacial score (nSPS) is 10.2. The number of carbonyl (C=O) groups excluding carboxylic acids is 1. The van der Waals surface area contributed by atoms with Gasteiger partial charge < -0.3 is 28.1 Å². The van der Waals surface area contributed by atoms with Crippen LogP contribution in [0.3, 0.4) is 0 Å². The summed E-state index contributed by atoms with van der Waals surface area (Å²) in [5.74, 6) is -0.219. The molecule has 24 heavy (non-hydrogen) atoms. The maximum Gasteiger partial charge on any atom is 0.500 e. The van der Waals surface area contributed by atoms with E-state index in [1.807, 2.05) is 27.7 Å². The summed E-state index contributed by atoms with van der Waals surface area (Å²) in [4.78, 5) is 11.3. The van der Waals surface area contributed by atoms with Gasteiger partial charge in [0, 0.05) is 41.0 Å². The van der Waals surface area contributed by atoms with Gasteiger partial charge in [-0.1, -0.05) is 27.7 Å². The van der Waals surface area contributed by atoms with Gasteiger partial charge in [0.15, 0.2) is 0 Å². The SMILES string of the molecule is CC.CC.COCCOC(=O)CCNCCC[Si](OC)(OC)OC. The van der Waals surface area contributed by atoms with Crippen molar-refractivity contribution in [3.05, 3.63) is 0 Å². The fraction of sp³-hybridized carbons (Fsp3) is 0.938. The molecule has 0 aromatic carbocycles. The highest BCUT2D eigenvalue weighted by atomic mass is 28.4. The Morgan fingerprint density at radius 2 is 1.42 bits per heavy atom. The molecule has 0 aliphatic carbocycles. The maximum atomic E-state index is 11.3. The fourth-order valence-electron chi connectivity index (χ4n) is 1.61. The summed E-state index contributed by atoms with van der Waals surface area (Å²) >= 11 is 0. The third kappa shape index (κ3) is 16.3. The number of rotatable bonds is 13. The van der Waals surface area contributed by atoms with Gasteiger partial charge in [0.2, 0.25) is 0 Å². The molecule has 0 atom stereocenters. The number of carbonyl (C=O) groups is 1. The molecule has 148 valence electrons. The molecule has 8 heteroatoms. The van der Waals surface area contributed by atoms with Gasteiger partial charge >= 0.3 is 14.8 Å². The Morgan fingerprint density at radius 3 is 1.88 bits per heavy atom. The number of hydrogen-bond acceptors (Lipinski definition) is 7. The van der Waals surface area contributed by atoms with Crippen LogP contribution in [0.1, 0.15) is 40.5 Å². The minimum absolute atomic E-state index is 0.219. The van der Waals surface area contributed by atoms with Crippen molar-refractivity contribution in [1.82, 2.24) is 5.32 Å². The summed E-state index contributed by atoms with van der Waals surface area (Å²) in [6.07, 6.45) is 1.21. The predicted molar refractivity (Wildman–Crippen MR) is 99.2 cm³/mol. The van der Waals surface area contributed by atoms with Gasteiger partial charge in [-0.2, -0.15) is 0 Å². The molecule has 0 heterocycles. The van der Waals surface area contributed by atoms with Crippen molar-refractivity contribution in [2.45, 2.75) is 46.6 Å². The van der Waals surface area contributed by atoms with E-state index in [1.165, 1.54) is 0 Å². The molecule has 0 aromatic rings. The van der Waals surface area contributed by atoms with Crippen molar-refractivity contribution in [3.8, 4) is 0 Å². The zero-order chi connectivity index (χ0) is 19.3. The highest BCUT2D eigenvalue weighted by molar-refractivity contribution is 6.60. The summed E-state index contributed by atoms with van der Waals surface area (Å²) in [5, 5.41) is 3.18. The summed E-state index contributed by atoms with van der Waals surface area (Å²) in [6, 6.07) is 0.738. The Hall–Kier alpha value is -0.513. The molecule has 0 saturated carbocycles. The third-order valence-electron chi connectivity index (χ3n) is 2.83. The van der Waals surface area contributed by atoms with E-state index in [-0.39, 0.29) is 5.97 Å². The molecule has 7 nitrogen and oxygen atoms in total. The Balaban J connectivity index is -0.00000102. The van der Waals surface area contributed by atoms with Gasteiger partial charge in [0.05, 0.1) is 13.0 Å². The molecule has 0 amide bonds. The third-order valence-corrected chi connectivity index (χ3v) is 5.66. The van der Waals surface area contributed by atoms with Crippen LogP contribution in [0.15, 0.2) is 0 Å². The molecule has 0 aliphatic heterocycles. The van der Waals surface area contributed by atoms with Crippen molar-refractivity contribution in [2.24, 2.45) is 0 Å². The van der Waals surface area contributed by atoms with Gasteiger partial charge in [0.25, 0.3) is 0 Å². The van der Waals surface area contributed by atoms with E-state index in [0.717, 1.165) is 19.0 Å². The summed E-state index contributed by atoms with van der Waals surface area (Å²) in [6.45, 7) is 10.1. The Kier molecular flexibility index (Phi) is 26.5. The maximum absolute atomic E-state index is 11.3. The van der Waals surface area contributed by atoms with Crippen LogP contribution < -0.4 is 5.32 Å². The largest absolute Gasteiger partial charge is 0.500 e. The lowest BCUT2D eigenvalue weighted by Crippen LogP contribution is -2.43. The summed E-state index contributed by atoms with van der Waals surface area (Å²) < 4.78 is 25.7. The number of methoxy groups -OCH3 is 1. The van der Waals surface area contributed by atoms with E-state index in [2.05, 4.69) is 5.32 Å². The lowest BCUT2D eigenvalue weighted by molar-refractivity contribution is -0.144. The average Bonchev–Trinajstić information content (AvgIpc) is 2.65. The standard InChI is InChI=1S/C12H27NO6Si.2C2H6/c1-15-9-10-19-12(14)6-8-13-7-5-11-20(16-2,17-3)18-4;2*1-2/h13H,5-11H2,1-4H3;2*1-2H3. The van der Waals surface area contributed by atoms with Crippen LogP contribution in [-0.4, -0.2) is 69.5 Å². The molecule has 0 radical (unpaired) electrons. The lowest BCUT2D eigenvalue weighted by Gasteiger charge is -2.24. The van der Waals surface area contributed by atoms with Crippen LogP contribution in [0.4, 0.5) is 0 Å². The zero-order valence-corrected chi connectivity index (χ0v) is 17.9. The molecular weight excluding hydrogens is 330 g/mol. The molecule has 1 N–H and O–H groups in total. The lowest BCUT2D eigenvalue weighted by atomic mass is 10.4. The molecule has 0 aromatic heterocycles. The van der Waals surface area contributed by atoms with E-state index in [9.17, 15) is 4.79 Å². The molecule has 0 rings (SSSR count). The summed E-state index contributed by atoms with van der Waals surface area (Å²) in [5.41, 5.74) is 0. The van der Waals surface area contributed by atoms with Crippen LogP contribution in [0, 0.1) is 0 Å². The van der Waals surface area contributed by atoms with Crippen LogP contribution in [-0.2, 0) is 27.5 Å². The van der Waals surface area contributed by atoms with Crippen LogP contribution in [0.25, 0.3) is 0 Å². The van der Waals surface area contributed by atoms with E-state index in [1.54, 1.807) is 28.4 Å². The van der Waals surface area contributed by atoms with Gasteiger partial charge in [0.1, 0.15) is 6.61 Å². The Labute approximate surface area is 149 Å². The smallest absolute Gasteiger partial charge is 0.463 e. The van der Waals surface area contributed by atoms with E-state index in [0.29, 0.717) is 26.2 Å². The number of hydrogen-bond donors (Lipinski definition) is 1. The van der Waals surface area contributed by atoms with Crippen LogP contribution in [0.2, 0.25) is 6.04 Å². The number of nitrogens with one attached hydrogen (secondary N) is 1. The van der Waals surface area contributed by atoms with E-state index < -0.39 is 8.80 Å². The van der Waals surface area contributed by atoms with Gasteiger partial charge in [-0.25, -0.2) is 0 Å². The highest BCUT2D eigenvalue weighted by Crippen LogP contribution is 2.14. The van der Waals surface area contributed by atoms with Crippen molar-refractivity contribution in [2.75, 3.05) is 54.7 Å². The first-order valence-electron chi connectivity index (χ1n) is 8.65. The molecule has 0 bridgehead atoms. The van der Waals surface area contributed by atoms with E-state index >= 15 is 0 Å². The first-order valence-corrected chi connectivity index (χ1v) is 10.6. The molecule has 0 unspecified atom stereocenters. The van der Waals surface area contributed by atoms with Gasteiger partial charge in [-0.05, 0) is 13.0 Å². The first kappa shape index (κ1) is 28.3. The second kappa shape index (κ2) is 22.5.